The first-order chi connectivity index (χ1) is 12.0. The first-order valence-electron chi connectivity index (χ1n) is 7.39. The predicted octanol–water partition coefficient (Wildman–Crippen LogP) is 3.11. The molecule has 1 N–H and O–H groups in total. The summed E-state index contributed by atoms with van der Waals surface area (Å²) in [5, 5.41) is 3.11. The molecule has 1 aliphatic rings. The highest BCUT2D eigenvalue weighted by atomic mass is 32.1. The van der Waals surface area contributed by atoms with E-state index in [0.29, 0.717) is 28.4 Å². The Morgan fingerprint density at radius 3 is 2.48 bits per heavy atom. The fourth-order valence-corrected chi connectivity index (χ4v) is 2.84. The van der Waals surface area contributed by atoms with Gasteiger partial charge in [0.05, 0.1) is 19.9 Å². The van der Waals surface area contributed by atoms with E-state index in [1.807, 2.05) is 0 Å². The summed E-state index contributed by atoms with van der Waals surface area (Å²) in [6.07, 6.45) is 1.64. The third kappa shape index (κ3) is 3.18. The van der Waals surface area contributed by atoms with Crippen LogP contribution in [-0.2, 0) is 4.79 Å². The molecule has 0 aromatic heterocycles. The number of amides is 1. The van der Waals surface area contributed by atoms with E-state index in [4.69, 9.17) is 21.7 Å². The minimum Gasteiger partial charge on any atom is -0.493 e. The zero-order chi connectivity index (χ0) is 18.0. The average Bonchev–Trinajstić information content (AvgIpc) is 2.89. The van der Waals surface area contributed by atoms with Crippen LogP contribution in [0.25, 0.3) is 6.08 Å². The molecule has 1 saturated heterocycles. The number of nitrogens with zero attached hydrogens (tertiary/aromatic N) is 1. The second-order valence-electron chi connectivity index (χ2n) is 5.19. The zero-order valence-electron chi connectivity index (χ0n) is 13.6. The van der Waals surface area contributed by atoms with Crippen LogP contribution in [0.4, 0.5) is 10.1 Å². The molecule has 1 fully saturated rings. The molecule has 1 aliphatic heterocycles. The second kappa shape index (κ2) is 6.90. The van der Waals surface area contributed by atoms with Crippen molar-refractivity contribution in [3.63, 3.8) is 0 Å². The van der Waals surface area contributed by atoms with Gasteiger partial charge in [-0.3, -0.25) is 9.69 Å². The molecule has 1 heterocycles. The maximum Gasteiger partial charge on any atom is 0.281 e. The second-order valence-corrected chi connectivity index (χ2v) is 5.57. The van der Waals surface area contributed by atoms with Crippen molar-refractivity contribution < 1.29 is 18.7 Å². The van der Waals surface area contributed by atoms with E-state index >= 15 is 0 Å². The van der Waals surface area contributed by atoms with Crippen LogP contribution in [0.1, 0.15) is 5.56 Å². The molecular formula is C18H15FN2O3S. The molecule has 0 saturated carbocycles. The van der Waals surface area contributed by atoms with E-state index in [1.54, 1.807) is 31.4 Å². The van der Waals surface area contributed by atoms with Crippen LogP contribution in [-0.4, -0.2) is 25.2 Å². The summed E-state index contributed by atoms with van der Waals surface area (Å²) >= 11 is 5.24. The van der Waals surface area contributed by atoms with Crippen LogP contribution in [0.2, 0.25) is 0 Å². The third-order valence-electron chi connectivity index (χ3n) is 3.70. The van der Waals surface area contributed by atoms with Crippen LogP contribution >= 0.6 is 12.2 Å². The largest absolute Gasteiger partial charge is 0.493 e. The summed E-state index contributed by atoms with van der Waals surface area (Å²) in [5.41, 5.74) is 1.45. The Kier molecular flexibility index (Phi) is 4.67. The molecule has 5 nitrogen and oxygen atoms in total. The quantitative estimate of drug-likeness (QED) is 0.672. The molecule has 128 valence electrons. The topological polar surface area (TPSA) is 50.8 Å². The highest BCUT2D eigenvalue weighted by Crippen LogP contribution is 2.33. The third-order valence-corrected chi connectivity index (χ3v) is 3.98. The summed E-state index contributed by atoms with van der Waals surface area (Å²) < 4.78 is 23.7. The van der Waals surface area contributed by atoms with Crippen molar-refractivity contribution in [1.29, 1.82) is 0 Å². The van der Waals surface area contributed by atoms with Crippen molar-refractivity contribution in [2.45, 2.75) is 0 Å². The van der Waals surface area contributed by atoms with E-state index in [2.05, 4.69) is 5.32 Å². The number of para-hydroxylation sites is 1. The Balaban J connectivity index is 1.97. The number of rotatable bonds is 4. The van der Waals surface area contributed by atoms with Crippen molar-refractivity contribution >= 4 is 35.0 Å². The average molecular weight is 358 g/mol. The van der Waals surface area contributed by atoms with Crippen molar-refractivity contribution in [2.75, 3.05) is 19.1 Å². The number of nitrogens with one attached hydrogen (secondary N) is 1. The molecule has 0 aliphatic carbocycles. The highest BCUT2D eigenvalue weighted by Gasteiger charge is 2.32. The van der Waals surface area contributed by atoms with Gasteiger partial charge >= 0.3 is 0 Å². The number of carbonyl (C=O) groups is 1. The lowest BCUT2D eigenvalue weighted by atomic mass is 10.1. The van der Waals surface area contributed by atoms with Gasteiger partial charge in [-0.25, -0.2) is 4.39 Å². The fraction of sp³-hybridized carbons (Fsp3) is 0.111. The minimum atomic E-state index is -0.383. The molecule has 2 aromatic rings. The van der Waals surface area contributed by atoms with Gasteiger partial charge in [0.15, 0.2) is 16.6 Å². The maximum atomic E-state index is 13.1. The molecule has 0 radical (unpaired) electrons. The molecular weight excluding hydrogens is 343 g/mol. The Bertz CT molecular complexity index is 865. The molecule has 3 rings (SSSR count). The fourth-order valence-electron chi connectivity index (χ4n) is 2.54. The summed E-state index contributed by atoms with van der Waals surface area (Å²) in [5.74, 6) is 0.353. The monoisotopic (exact) mass is 358 g/mol. The van der Waals surface area contributed by atoms with Gasteiger partial charge in [0.2, 0.25) is 0 Å². The van der Waals surface area contributed by atoms with Crippen molar-refractivity contribution in [2.24, 2.45) is 0 Å². The molecule has 0 spiro atoms. The van der Waals surface area contributed by atoms with Crippen LogP contribution in [0.3, 0.4) is 0 Å². The number of anilines is 1. The number of methoxy groups -OCH3 is 2. The molecule has 2 aromatic carbocycles. The smallest absolute Gasteiger partial charge is 0.281 e. The molecule has 7 heteroatoms. The molecule has 0 atom stereocenters. The molecule has 1 amide bonds. The van der Waals surface area contributed by atoms with Gasteiger partial charge < -0.3 is 14.8 Å². The number of hydrogen-bond donors (Lipinski definition) is 1. The van der Waals surface area contributed by atoms with Crippen LogP contribution in [0.15, 0.2) is 48.2 Å². The summed E-state index contributed by atoms with van der Waals surface area (Å²) in [7, 11) is 3.07. The highest BCUT2D eigenvalue weighted by molar-refractivity contribution is 7.80. The van der Waals surface area contributed by atoms with Crippen LogP contribution in [0.5, 0.6) is 11.5 Å². The van der Waals surface area contributed by atoms with Gasteiger partial charge in [-0.1, -0.05) is 12.1 Å². The van der Waals surface area contributed by atoms with E-state index in [9.17, 15) is 9.18 Å². The number of thiocarbonyl (C=S) groups is 1. The Morgan fingerprint density at radius 2 is 1.84 bits per heavy atom. The lowest BCUT2D eigenvalue weighted by Crippen LogP contribution is -2.30. The minimum absolute atomic E-state index is 0.227. The normalized spacial score (nSPS) is 15.5. The number of carbonyl (C=O) groups excluding carboxylic acids is 1. The SMILES string of the molecule is COc1cccc(/C=C2/NC(=S)N(c3ccc(F)cc3)C2=O)c1OC. The van der Waals surface area contributed by atoms with Gasteiger partial charge in [-0.2, -0.15) is 0 Å². The number of halogens is 1. The summed E-state index contributed by atoms with van der Waals surface area (Å²) in [6.45, 7) is 0. The van der Waals surface area contributed by atoms with Gasteiger partial charge in [0.25, 0.3) is 5.91 Å². The van der Waals surface area contributed by atoms with E-state index in [0.717, 1.165) is 0 Å². The Hall–Kier alpha value is -2.93. The molecule has 0 bridgehead atoms. The van der Waals surface area contributed by atoms with Crippen molar-refractivity contribution in [3.8, 4) is 11.5 Å². The summed E-state index contributed by atoms with van der Waals surface area (Å²) in [4.78, 5) is 14.0. The number of hydrogen-bond acceptors (Lipinski definition) is 4. The van der Waals surface area contributed by atoms with Crippen LogP contribution < -0.4 is 19.7 Å². The van der Waals surface area contributed by atoms with Crippen molar-refractivity contribution in [1.82, 2.24) is 5.32 Å². The van der Waals surface area contributed by atoms with Gasteiger partial charge in [-0.05, 0) is 48.6 Å². The molecule has 25 heavy (non-hydrogen) atoms. The van der Waals surface area contributed by atoms with Gasteiger partial charge in [-0.15, -0.1) is 0 Å². The Labute approximate surface area is 149 Å². The van der Waals surface area contributed by atoms with E-state index < -0.39 is 0 Å². The number of benzene rings is 2. The first kappa shape index (κ1) is 16.9. The van der Waals surface area contributed by atoms with E-state index in [1.165, 1.54) is 36.3 Å². The van der Waals surface area contributed by atoms with Crippen molar-refractivity contribution in [3.05, 3.63) is 59.5 Å². The Morgan fingerprint density at radius 1 is 1.12 bits per heavy atom. The predicted molar refractivity (Wildman–Crippen MR) is 97.1 cm³/mol. The first-order valence-corrected chi connectivity index (χ1v) is 7.79. The van der Waals surface area contributed by atoms with E-state index in [-0.39, 0.29) is 16.8 Å². The standard InChI is InChI=1S/C18H15FN2O3S/c1-23-15-5-3-4-11(16(15)24-2)10-14-17(22)21(18(25)20-14)13-8-6-12(19)7-9-13/h3-10H,1-2H3,(H,20,25)/b14-10+. The summed E-state index contributed by atoms with van der Waals surface area (Å²) in [6, 6.07) is 10.9. The molecule has 0 unspecified atom stereocenters. The van der Waals surface area contributed by atoms with Gasteiger partial charge in [0, 0.05) is 5.56 Å². The zero-order valence-corrected chi connectivity index (χ0v) is 14.4. The van der Waals surface area contributed by atoms with Crippen LogP contribution in [0, 0.1) is 5.82 Å². The maximum absolute atomic E-state index is 13.1. The van der Waals surface area contributed by atoms with Gasteiger partial charge in [0.1, 0.15) is 11.5 Å². The lowest BCUT2D eigenvalue weighted by Gasteiger charge is -2.13. The lowest BCUT2D eigenvalue weighted by molar-refractivity contribution is -0.113. The number of ether oxygens (including phenoxy) is 2.